The van der Waals surface area contributed by atoms with Crippen LogP contribution in [-0.4, -0.2) is 20.5 Å². The number of ether oxygens (including phenoxy) is 1. The van der Waals surface area contributed by atoms with Crippen molar-refractivity contribution in [1.29, 1.82) is 0 Å². The Balaban J connectivity index is 2.05. The number of fused-ring (bicyclic) bond motifs is 1. The maximum Gasteiger partial charge on any atom is 0.342 e. The highest BCUT2D eigenvalue weighted by Crippen LogP contribution is 2.36. The van der Waals surface area contributed by atoms with Gasteiger partial charge in [0.1, 0.15) is 10.6 Å². The number of methoxy groups -OCH3 is 1. The molecule has 0 aromatic heterocycles. The smallest absolute Gasteiger partial charge is 0.342 e. The summed E-state index contributed by atoms with van der Waals surface area (Å²) in [6.07, 6.45) is 0. The van der Waals surface area contributed by atoms with Gasteiger partial charge in [-0.3, -0.25) is 10.1 Å². The van der Waals surface area contributed by atoms with Crippen molar-refractivity contribution in [3.63, 3.8) is 0 Å². The monoisotopic (exact) mass is 437 g/mol. The summed E-state index contributed by atoms with van der Waals surface area (Å²) in [4.78, 5) is 9.91. The molecule has 134 valence electrons. The molecule has 0 saturated carbocycles. The maximum absolute atomic E-state index is 12.7. The molecule has 0 aliphatic rings. The lowest BCUT2D eigenvalue weighted by Crippen LogP contribution is -2.11. The molecule has 0 spiro atoms. The van der Waals surface area contributed by atoms with Crippen molar-refractivity contribution in [2.45, 2.75) is 4.90 Å². The van der Waals surface area contributed by atoms with E-state index in [1.807, 2.05) is 24.3 Å². The molecule has 3 aromatic rings. The van der Waals surface area contributed by atoms with Crippen molar-refractivity contribution in [3.8, 4) is 11.5 Å². The highest BCUT2D eigenvalue weighted by atomic mass is 79.9. The van der Waals surface area contributed by atoms with E-state index in [0.717, 1.165) is 29.0 Å². The van der Waals surface area contributed by atoms with Gasteiger partial charge in [-0.05, 0) is 38.8 Å². The SMILES string of the molecule is COc1cc([N+](=O)[O-])ccc1S(=O)(=O)Oc1ccc2ccccc2c1Br. The first-order valence-electron chi connectivity index (χ1n) is 7.27. The summed E-state index contributed by atoms with van der Waals surface area (Å²) < 4.78 is 36.0. The highest BCUT2D eigenvalue weighted by Gasteiger charge is 2.25. The first-order chi connectivity index (χ1) is 12.3. The fourth-order valence-corrected chi connectivity index (χ4v) is 4.19. The number of hydrogen-bond acceptors (Lipinski definition) is 6. The third kappa shape index (κ3) is 3.35. The number of hydrogen-bond donors (Lipinski definition) is 0. The zero-order chi connectivity index (χ0) is 18.9. The molecule has 0 N–H and O–H groups in total. The van der Waals surface area contributed by atoms with E-state index >= 15 is 0 Å². The molecule has 0 fully saturated rings. The average Bonchev–Trinajstić information content (AvgIpc) is 2.63. The minimum atomic E-state index is -4.27. The van der Waals surface area contributed by atoms with Crippen LogP contribution >= 0.6 is 15.9 Å². The predicted octanol–water partition coefficient (Wildman–Crippen LogP) is 4.29. The number of nitro benzene ring substituents is 1. The van der Waals surface area contributed by atoms with Crippen LogP contribution in [0.25, 0.3) is 10.8 Å². The number of halogens is 1. The molecular weight excluding hydrogens is 426 g/mol. The summed E-state index contributed by atoms with van der Waals surface area (Å²) >= 11 is 3.36. The Kier molecular flexibility index (Phi) is 4.84. The lowest BCUT2D eigenvalue weighted by atomic mass is 10.1. The lowest BCUT2D eigenvalue weighted by Gasteiger charge is -2.12. The Morgan fingerprint density at radius 3 is 2.46 bits per heavy atom. The molecule has 0 bridgehead atoms. The van der Waals surface area contributed by atoms with Gasteiger partial charge in [0.15, 0.2) is 5.75 Å². The number of nitrogens with zero attached hydrogens (tertiary/aromatic N) is 1. The Hall–Kier alpha value is -2.65. The molecule has 0 aliphatic heterocycles. The van der Waals surface area contributed by atoms with Gasteiger partial charge < -0.3 is 8.92 Å². The van der Waals surface area contributed by atoms with Gasteiger partial charge in [0.2, 0.25) is 0 Å². The fourth-order valence-electron chi connectivity index (χ4n) is 2.42. The van der Waals surface area contributed by atoms with Crippen LogP contribution in [0.2, 0.25) is 0 Å². The minimum absolute atomic E-state index is 0.101. The van der Waals surface area contributed by atoms with Crippen molar-refractivity contribution in [1.82, 2.24) is 0 Å². The Morgan fingerprint density at radius 2 is 1.77 bits per heavy atom. The van der Waals surface area contributed by atoms with Crippen LogP contribution in [0.15, 0.2) is 64.0 Å². The van der Waals surface area contributed by atoms with Gasteiger partial charge in [-0.15, -0.1) is 0 Å². The molecule has 0 unspecified atom stereocenters. The van der Waals surface area contributed by atoms with E-state index in [4.69, 9.17) is 8.92 Å². The summed E-state index contributed by atoms with van der Waals surface area (Å²) in [5.74, 6) is -0.0692. The first-order valence-corrected chi connectivity index (χ1v) is 9.48. The van der Waals surface area contributed by atoms with Crippen molar-refractivity contribution in [2.75, 3.05) is 7.11 Å². The van der Waals surface area contributed by atoms with Crippen LogP contribution < -0.4 is 8.92 Å². The van der Waals surface area contributed by atoms with E-state index in [2.05, 4.69) is 15.9 Å². The van der Waals surface area contributed by atoms with E-state index in [0.29, 0.717) is 4.47 Å². The fraction of sp³-hybridized carbons (Fsp3) is 0.0588. The molecule has 0 aliphatic carbocycles. The lowest BCUT2D eigenvalue weighted by molar-refractivity contribution is -0.385. The second-order valence-corrected chi connectivity index (χ2v) is 7.54. The molecular formula is C17H12BrNO6S. The van der Waals surface area contributed by atoms with Gasteiger partial charge in [-0.2, -0.15) is 8.42 Å². The number of benzene rings is 3. The molecule has 0 radical (unpaired) electrons. The summed E-state index contributed by atoms with van der Waals surface area (Å²) in [7, 11) is -3.04. The predicted molar refractivity (Wildman–Crippen MR) is 99.1 cm³/mol. The molecule has 3 aromatic carbocycles. The highest BCUT2D eigenvalue weighted by molar-refractivity contribution is 9.10. The summed E-state index contributed by atoms with van der Waals surface area (Å²) in [6, 6.07) is 13.9. The van der Waals surface area contributed by atoms with Crippen molar-refractivity contribution in [2.24, 2.45) is 0 Å². The third-order valence-electron chi connectivity index (χ3n) is 3.65. The number of nitro groups is 1. The van der Waals surface area contributed by atoms with Gasteiger partial charge in [-0.25, -0.2) is 0 Å². The second kappa shape index (κ2) is 6.93. The van der Waals surface area contributed by atoms with E-state index in [-0.39, 0.29) is 22.1 Å². The van der Waals surface area contributed by atoms with Gasteiger partial charge in [0.05, 0.1) is 22.6 Å². The van der Waals surface area contributed by atoms with E-state index < -0.39 is 15.0 Å². The zero-order valence-electron chi connectivity index (χ0n) is 13.4. The quantitative estimate of drug-likeness (QED) is 0.335. The second-order valence-electron chi connectivity index (χ2n) is 5.23. The summed E-state index contributed by atoms with van der Waals surface area (Å²) in [5.41, 5.74) is -0.285. The molecule has 0 heterocycles. The van der Waals surface area contributed by atoms with Gasteiger partial charge in [-0.1, -0.05) is 30.3 Å². The van der Waals surface area contributed by atoms with Crippen LogP contribution in [0.5, 0.6) is 11.5 Å². The van der Waals surface area contributed by atoms with E-state index in [1.165, 1.54) is 13.2 Å². The minimum Gasteiger partial charge on any atom is -0.495 e. The molecule has 0 atom stereocenters. The zero-order valence-corrected chi connectivity index (χ0v) is 15.8. The molecule has 7 nitrogen and oxygen atoms in total. The maximum atomic E-state index is 12.7. The number of rotatable bonds is 5. The summed E-state index contributed by atoms with van der Waals surface area (Å²) in [5, 5.41) is 12.6. The Morgan fingerprint density at radius 1 is 1.04 bits per heavy atom. The van der Waals surface area contributed by atoms with Crippen LogP contribution in [0.4, 0.5) is 5.69 Å². The molecule has 0 amide bonds. The van der Waals surface area contributed by atoms with Crippen LogP contribution in [-0.2, 0) is 10.1 Å². The topological polar surface area (TPSA) is 95.7 Å². The third-order valence-corrected chi connectivity index (χ3v) is 5.75. The normalized spacial score (nSPS) is 11.3. The van der Waals surface area contributed by atoms with Crippen molar-refractivity contribution >= 4 is 42.5 Å². The molecule has 9 heteroatoms. The summed E-state index contributed by atoms with van der Waals surface area (Å²) in [6.45, 7) is 0. The first kappa shape index (κ1) is 18.2. The largest absolute Gasteiger partial charge is 0.495 e. The molecule has 3 rings (SSSR count). The Labute approximate surface area is 157 Å². The standard InChI is InChI=1S/C17H12BrNO6S/c1-24-15-10-12(19(20)21)7-9-16(15)26(22,23)25-14-8-6-11-4-2-3-5-13(11)17(14)18/h2-10H,1H3. The van der Waals surface area contributed by atoms with Crippen molar-refractivity contribution < 1.29 is 22.3 Å². The average molecular weight is 438 g/mol. The van der Waals surface area contributed by atoms with Crippen LogP contribution in [0.1, 0.15) is 0 Å². The molecule has 0 saturated heterocycles. The van der Waals surface area contributed by atoms with E-state index in [9.17, 15) is 18.5 Å². The molecule has 26 heavy (non-hydrogen) atoms. The Bertz CT molecular complexity index is 1110. The van der Waals surface area contributed by atoms with Crippen LogP contribution in [0, 0.1) is 10.1 Å². The van der Waals surface area contributed by atoms with Gasteiger partial charge in [0, 0.05) is 6.07 Å². The van der Waals surface area contributed by atoms with Gasteiger partial charge in [0.25, 0.3) is 5.69 Å². The van der Waals surface area contributed by atoms with E-state index in [1.54, 1.807) is 6.07 Å². The number of non-ortho nitro benzene ring substituents is 1. The van der Waals surface area contributed by atoms with Gasteiger partial charge >= 0.3 is 10.1 Å². The van der Waals surface area contributed by atoms with Crippen LogP contribution in [0.3, 0.4) is 0 Å². The van der Waals surface area contributed by atoms with Crippen molar-refractivity contribution in [3.05, 3.63) is 69.2 Å².